The Kier molecular flexibility index (Phi) is 4.08. The first-order valence-electron chi connectivity index (χ1n) is 5.84. The molecule has 2 aromatic rings. The maximum atomic E-state index is 8.84. The predicted octanol–water partition coefficient (Wildman–Crippen LogP) is 3.17. The number of rotatable bonds is 4. The fraction of sp³-hybridized carbons (Fsp3) is 0.286. The molecule has 0 fully saturated rings. The molecule has 1 aromatic heterocycles. The second-order valence-corrected chi connectivity index (χ2v) is 5.49. The van der Waals surface area contributed by atoms with Gasteiger partial charge in [0, 0.05) is 17.6 Å². The van der Waals surface area contributed by atoms with Gasteiger partial charge in [0.2, 0.25) is 0 Å². The molecule has 0 aliphatic rings. The lowest BCUT2D eigenvalue weighted by Crippen LogP contribution is -2.17. The first kappa shape index (κ1) is 12.7. The molecule has 1 unspecified atom stereocenters. The summed E-state index contributed by atoms with van der Waals surface area (Å²) < 4.78 is 0. The van der Waals surface area contributed by atoms with Crippen LogP contribution in [0.1, 0.15) is 34.0 Å². The number of benzene rings is 1. The second kappa shape index (κ2) is 5.76. The molecule has 0 aliphatic heterocycles. The molecule has 1 atom stereocenters. The van der Waals surface area contributed by atoms with Gasteiger partial charge in [0.05, 0.1) is 17.7 Å². The lowest BCUT2D eigenvalue weighted by Gasteiger charge is -2.11. The molecular weight excluding hydrogens is 242 g/mol. The molecule has 0 aliphatic carbocycles. The number of nitriles is 1. The minimum atomic E-state index is 0.231. The van der Waals surface area contributed by atoms with E-state index in [2.05, 4.69) is 30.2 Å². The summed E-state index contributed by atoms with van der Waals surface area (Å²) in [5.74, 6) is 0. The Morgan fingerprint density at radius 3 is 3.00 bits per heavy atom. The zero-order chi connectivity index (χ0) is 13.0. The number of nitrogens with one attached hydrogen (secondary N) is 1. The fourth-order valence-electron chi connectivity index (χ4n) is 1.68. The molecule has 0 amide bonds. The normalized spacial score (nSPS) is 12.1. The van der Waals surface area contributed by atoms with Gasteiger partial charge in [0.25, 0.3) is 0 Å². The van der Waals surface area contributed by atoms with Crippen LogP contribution in [-0.4, -0.2) is 4.98 Å². The van der Waals surface area contributed by atoms with Crippen LogP contribution < -0.4 is 5.32 Å². The molecule has 2 rings (SSSR count). The third kappa shape index (κ3) is 3.16. The Bertz CT molecular complexity index is 568. The Labute approximate surface area is 111 Å². The lowest BCUT2D eigenvalue weighted by atomic mass is 10.1. The molecule has 92 valence electrons. The van der Waals surface area contributed by atoms with Crippen LogP contribution in [-0.2, 0) is 6.54 Å². The third-order valence-corrected chi connectivity index (χ3v) is 3.77. The molecule has 1 heterocycles. The second-order valence-electron chi connectivity index (χ2n) is 4.22. The van der Waals surface area contributed by atoms with Gasteiger partial charge in [-0.25, -0.2) is 4.98 Å². The number of hydrogen-bond donors (Lipinski definition) is 1. The summed E-state index contributed by atoms with van der Waals surface area (Å²) in [5, 5.41) is 13.4. The third-order valence-electron chi connectivity index (χ3n) is 2.68. The summed E-state index contributed by atoms with van der Waals surface area (Å²) in [6, 6.07) is 10.0. The smallest absolute Gasteiger partial charge is 0.109 e. The van der Waals surface area contributed by atoms with E-state index in [4.69, 9.17) is 5.26 Å². The van der Waals surface area contributed by atoms with Crippen molar-refractivity contribution < 1.29 is 0 Å². The van der Waals surface area contributed by atoms with Crippen LogP contribution in [0.5, 0.6) is 0 Å². The van der Waals surface area contributed by atoms with Crippen molar-refractivity contribution in [2.24, 2.45) is 0 Å². The molecule has 1 aromatic carbocycles. The van der Waals surface area contributed by atoms with E-state index in [1.54, 1.807) is 11.3 Å². The SMILES string of the molecule is Cc1cnc(C(C)NCc2cccc(C#N)c2)s1. The average molecular weight is 257 g/mol. The highest BCUT2D eigenvalue weighted by Crippen LogP contribution is 2.19. The molecule has 18 heavy (non-hydrogen) atoms. The zero-order valence-electron chi connectivity index (χ0n) is 10.5. The minimum absolute atomic E-state index is 0.231. The van der Waals surface area contributed by atoms with Crippen LogP contribution in [0.3, 0.4) is 0 Å². The van der Waals surface area contributed by atoms with E-state index in [-0.39, 0.29) is 6.04 Å². The Hall–Kier alpha value is -1.70. The molecule has 0 radical (unpaired) electrons. The fourth-order valence-corrected chi connectivity index (χ4v) is 2.48. The first-order chi connectivity index (χ1) is 8.69. The van der Waals surface area contributed by atoms with Gasteiger partial charge in [-0.1, -0.05) is 12.1 Å². The van der Waals surface area contributed by atoms with Gasteiger partial charge in [-0.05, 0) is 31.5 Å². The van der Waals surface area contributed by atoms with Crippen LogP contribution in [0.15, 0.2) is 30.5 Å². The van der Waals surface area contributed by atoms with Crippen molar-refractivity contribution in [1.82, 2.24) is 10.3 Å². The van der Waals surface area contributed by atoms with E-state index in [0.29, 0.717) is 5.56 Å². The van der Waals surface area contributed by atoms with Crippen LogP contribution in [0.2, 0.25) is 0 Å². The summed E-state index contributed by atoms with van der Waals surface area (Å²) >= 11 is 1.71. The van der Waals surface area contributed by atoms with Crippen molar-refractivity contribution in [3.63, 3.8) is 0 Å². The predicted molar refractivity (Wildman–Crippen MR) is 73.3 cm³/mol. The van der Waals surface area contributed by atoms with Crippen molar-refractivity contribution >= 4 is 11.3 Å². The van der Waals surface area contributed by atoms with Gasteiger partial charge in [0.15, 0.2) is 0 Å². The van der Waals surface area contributed by atoms with Crippen molar-refractivity contribution in [2.45, 2.75) is 26.4 Å². The average Bonchev–Trinajstić information content (AvgIpc) is 2.83. The molecule has 0 spiro atoms. The van der Waals surface area contributed by atoms with Crippen molar-refractivity contribution in [3.8, 4) is 6.07 Å². The minimum Gasteiger partial charge on any atom is -0.304 e. The summed E-state index contributed by atoms with van der Waals surface area (Å²) in [6.45, 7) is 4.91. The lowest BCUT2D eigenvalue weighted by molar-refractivity contribution is 0.572. The molecule has 4 heteroatoms. The van der Waals surface area contributed by atoms with E-state index in [1.807, 2.05) is 30.5 Å². The summed E-state index contributed by atoms with van der Waals surface area (Å²) in [7, 11) is 0. The quantitative estimate of drug-likeness (QED) is 0.915. The van der Waals surface area contributed by atoms with Gasteiger partial charge >= 0.3 is 0 Å². The molecule has 1 N–H and O–H groups in total. The number of thiazole rings is 1. The van der Waals surface area contributed by atoms with Gasteiger partial charge in [-0.15, -0.1) is 11.3 Å². The molecular formula is C14H15N3S. The van der Waals surface area contributed by atoms with Crippen LogP contribution in [0.25, 0.3) is 0 Å². The number of hydrogen-bond acceptors (Lipinski definition) is 4. The highest BCUT2D eigenvalue weighted by atomic mass is 32.1. The van der Waals surface area contributed by atoms with E-state index < -0.39 is 0 Å². The van der Waals surface area contributed by atoms with Crippen LogP contribution in [0.4, 0.5) is 0 Å². The highest BCUT2D eigenvalue weighted by molar-refractivity contribution is 7.11. The van der Waals surface area contributed by atoms with Crippen molar-refractivity contribution in [1.29, 1.82) is 5.26 Å². The van der Waals surface area contributed by atoms with Gasteiger partial charge < -0.3 is 5.32 Å². The zero-order valence-corrected chi connectivity index (χ0v) is 11.3. The Morgan fingerprint density at radius 1 is 1.50 bits per heavy atom. The highest BCUT2D eigenvalue weighted by Gasteiger charge is 2.08. The Morgan fingerprint density at radius 2 is 2.33 bits per heavy atom. The van der Waals surface area contributed by atoms with Crippen LogP contribution >= 0.6 is 11.3 Å². The summed E-state index contributed by atoms with van der Waals surface area (Å²) in [4.78, 5) is 5.59. The monoisotopic (exact) mass is 257 g/mol. The Balaban J connectivity index is 1.97. The van der Waals surface area contributed by atoms with Gasteiger partial charge in [0.1, 0.15) is 5.01 Å². The van der Waals surface area contributed by atoms with E-state index in [0.717, 1.165) is 17.1 Å². The standard InChI is InChI=1S/C14H15N3S/c1-10-8-17-14(18-10)11(2)16-9-13-5-3-4-12(6-13)7-15/h3-6,8,11,16H,9H2,1-2H3. The van der Waals surface area contributed by atoms with Gasteiger partial charge in [-0.2, -0.15) is 5.26 Å². The number of nitrogens with zero attached hydrogens (tertiary/aromatic N) is 2. The molecule has 3 nitrogen and oxygen atoms in total. The maximum Gasteiger partial charge on any atom is 0.109 e. The molecule has 0 saturated heterocycles. The molecule has 0 saturated carbocycles. The maximum absolute atomic E-state index is 8.84. The van der Waals surface area contributed by atoms with Crippen molar-refractivity contribution in [2.75, 3.05) is 0 Å². The summed E-state index contributed by atoms with van der Waals surface area (Å²) in [6.07, 6.45) is 1.90. The van der Waals surface area contributed by atoms with E-state index >= 15 is 0 Å². The van der Waals surface area contributed by atoms with E-state index in [1.165, 1.54) is 4.88 Å². The first-order valence-corrected chi connectivity index (χ1v) is 6.65. The number of aromatic nitrogens is 1. The topological polar surface area (TPSA) is 48.7 Å². The molecule has 0 bridgehead atoms. The van der Waals surface area contributed by atoms with E-state index in [9.17, 15) is 0 Å². The van der Waals surface area contributed by atoms with Crippen LogP contribution in [0, 0.1) is 18.3 Å². The summed E-state index contributed by atoms with van der Waals surface area (Å²) in [5.41, 5.74) is 1.82. The van der Waals surface area contributed by atoms with Crippen molar-refractivity contribution in [3.05, 3.63) is 51.5 Å². The van der Waals surface area contributed by atoms with Gasteiger partial charge in [-0.3, -0.25) is 0 Å². The largest absolute Gasteiger partial charge is 0.304 e. The number of aryl methyl sites for hydroxylation is 1.